The summed E-state index contributed by atoms with van der Waals surface area (Å²) in [5.74, 6) is -1.51. The van der Waals surface area contributed by atoms with Gasteiger partial charge in [0.05, 0.1) is 22.8 Å². The molecule has 2 N–H and O–H groups in total. The lowest BCUT2D eigenvalue weighted by atomic mass is 10.1. The standard InChI is InChI=1S/C28H23Cl2N3O6/c1-15-4-8-22(16(2)10-15)31-25(34)14-39-23-9-5-17(12-24(23)38-3)11-19-26(35)32-28(37)33(27(19)36)18-6-7-20(29)21(30)13-18/h4-13H,14H2,1-3H3,(H,31,34)(H,32,35,37)/b19-11-. The highest BCUT2D eigenvalue weighted by molar-refractivity contribution is 6.43. The molecular weight excluding hydrogens is 545 g/mol. The zero-order valence-electron chi connectivity index (χ0n) is 21.1. The second-order valence-electron chi connectivity index (χ2n) is 8.62. The Hall–Kier alpha value is -4.34. The fourth-order valence-corrected chi connectivity index (χ4v) is 4.15. The second-order valence-corrected chi connectivity index (χ2v) is 9.44. The van der Waals surface area contributed by atoms with Crippen LogP contribution in [0.3, 0.4) is 0 Å². The number of imide groups is 2. The van der Waals surface area contributed by atoms with Crippen LogP contribution in [-0.4, -0.2) is 37.5 Å². The summed E-state index contributed by atoms with van der Waals surface area (Å²) >= 11 is 12.0. The van der Waals surface area contributed by atoms with Gasteiger partial charge in [0.15, 0.2) is 18.1 Å². The van der Waals surface area contributed by atoms with Crippen LogP contribution in [0.4, 0.5) is 16.2 Å². The van der Waals surface area contributed by atoms with Crippen molar-refractivity contribution >= 4 is 64.4 Å². The van der Waals surface area contributed by atoms with E-state index in [2.05, 4.69) is 10.6 Å². The lowest BCUT2D eigenvalue weighted by molar-refractivity contribution is -0.122. The molecule has 3 aromatic rings. The minimum atomic E-state index is -0.916. The van der Waals surface area contributed by atoms with Crippen molar-refractivity contribution in [3.63, 3.8) is 0 Å². The van der Waals surface area contributed by atoms with E-state index in [1.54, 1.807) is 12.1 Å². The Bertz CT molecular complexity index is 1540. The Balaban J connectivity index is 1.52. The summed E-state index contributed by atoms with van der Waals surface area (Å²) in [6.45, 7) is 3.60. The molecule has 9 nitrogen and oxygen atoms in total. The maximum atomic E-state index is 13.1. The number of aryl methyl sites for hydroxylation is 2. The van der Waals surface area contributed by atoms with E-state index in [0.29, 0.717) is 11.3 Å². The molecule has 0 unspecified atom stereocenters. The maximum Gasteiger partial charge on any atom is 0.335 e. The number of hydrogen-bond acceptors (Lipinski definition) is 6. The van der Waals surface area contributed by atoms with E-state index in [1.807, 2.05) is 32.0 Å². The van der Waals surface area contributed by atoms with Gasteiger partial charge in [-0.1, -0.05) is 47.0 Å². The SMILES string of the molecule is COc1cc(/C=C2/C(=O)NC(=O)N(c3ccc(Cl)c(Cl)c3)C2=O)ccc1OCC(=O)Nc1ccc(C)cc1C. The van der Waals surface area contributed by atoms with E-state index in [4.69, 9.17) is 32.7 Å². The lowest BCUT2D eigenvalue weighted by Crippen LogP contribution is -2.54. The number of urea groups is 1. The largest absolute Gasteiger partial charge is 0.493 e. The Morgan fingerprint density at radius 1 is 0.974 bits per heavy atom. The number of methoxy groups -OCH3 is 1. The molecule has 1 heterocycles. The summed E-state index contributed by atoms with van der Waals surface area (Å²) in [6, 6.07) is 13.6. The number of ether oxygens (including phenoxy) is 2. The highest BCUT2D eigenvalue weighted by Gasteiger charge is 2.37. The third-order valence-electron chi connectivity index (χ3n) is 5.78. The van der Waals surface area contributed by atoms with Crippen molar-refractivity contribution in [1.29, 1.82) is 0 Å². The van der Waals surface area contributed by atoms with Gasteiger partial charge in [-0.3, -0.25) is 19.7 Å². The molecule has 4 rings (SSSR count). The summed E-state index contributed by atoms with van der Waals surface area (Å²) in [4.78, 5) is 51.3. The number of nitrogens with one attached hydrogen (secondary N) is 2. The van der Waals surface area contributed by atoms with Crippen molar-refractivity contribution in [3.05, 3.63) is 86.9 Å². The molecule has 5 amide bonds. The van der Waals surface area contributed by atoms with Crippen molar-refractivity contribution in [1.82, 2.24) is 5.32 Å². The topological polar surface area (TPSA) is 114 Å². The summed E-state index contributed by atoms with van der Waals surface area (Å²) < 4.78 is 11.0. The van der Waals surface area contributed by atoms with Crippen LogP contribution in [0.5, 0.6) is 11.5 Å². The summed E-state index contributed by atoms with van der Waals surface area (Å²) in [6.07, 6.45) is 1.31. The van der Waals surface area contributed by atoms with Crippen molar-refractivity contribution in [3.8, 4) is 11.5 Å². The van der Waals surface area contributed by atoms with Gasteiger partial charge >= 0.3 is 6.03 Å². The smallest absolute Gasteiger partial charge is 0.335 e. The van der Waals surface area contributed by atoms with Gasteiger partial charge in [-0.15, -0.1) is 0 Å². The molecular formula is C28H23Cl2N3O6. The Labute approximate surface area is 234 Å². The molecule has 1 fully saturated rings. The summed E-state index contributed by atoms with van der Waals surface area (Å²) in [5, 5.41) is 5.33. The predicted molar refractivity (Wildman–Crippen MR) is 148 cm³/mol. The first kappa shape index (κ1) is 27.7. The summed E-state index contributed by atoms with van der Waals surface area (Å²) in [5.41, 5.74) is 2.98. The molecule has 11 heteroatoms. The van der Waals surface area contributed by atoms with Crippen molar-refractivity contribution in [2.45, 2.75) is 13.8 Å². The molecule has 0 atom stereocenters. The van der Waals surface area contributed by atoms with Gasteiger partial charge < -0.3 is 14.8 Å². The van der Waals surface area contributed by atoms with E-state index in [0.717, 1.165) is 16.0 Å². The highest BCUT2D eigenvalue weighted by Crippen LogP contribution is 2.31. The van der Waals surface area contributed by atoms with Crippen LogP contribution < -0.4 is 25.0 Å². The number of benzene rings is 3. The van der Waals surface area contributed by atoms with Crippen LogP contribution in [0.25, 0.3) is 6.08 Å². The summed E-state index contributed by atoms with van der Waals surface area (Å²) in [7, 11) is 1.41. The van der Waals surface area contributed by atoms with Crippen LogP contribution in [-0.2, 0) is 14.4 Å². The quantitative estimate of drug-likeness (QED) is 0.295. The van der Waals surface area contributed by atoms with Crippen LogP contribution in [0, 0.1) is 13.8 Å². The van der Waals surface area contributed by atoms with Crippen LogP contribution in [0.2, 0.25) is 10.0 Å². The normalized spacial score (nSPS) is 14.3. The van der Waals surface area contributed by atoms with Crippen molar-refractivity contribution in [2.24, 2.45) is 0 Å². The number of nitrogens with zero attached hydrogens (tertiary/aromatic N) is 1. The van der Waals surface area contributed by atoms with E-state index >= 15 is 0 Å². The van der Waals surface area contributed by atoms with Gasteiger partial charge in [-0.05, 0) is 67.4 Å². The third kappa shape index (κ3) is 6.22. The number of amides is 5. The number of hydrogen-bond donors (Lipinski definition) is 2. The first-order chi connectivity index (χ1) is 18.6. The fourth-order valence-electron chi connectivity index (χ4n) is 3.86. The lowest BCUT2D eigenvalue weighted by Gasteiger charge is -2.26. The van der Waals surface area contributed by atoms with E-state index in [1.165, 1.54) is 37.5 Å². The van der Waals surface area contributed by atoms with E-state index < -0.39 is 17.8 Å². The maximum absolute atomic E-state index is 13.1. The second kappa shape index (κ2) is 11.6. The van der Waals surface area contributed by atoms with Crippen LogP contribution >= 0.6 is 23.2 Å². The number of barbiturate groups is 1. The molecule has 39 heavy (non-hydrogen) atoms. The molecule has 1 aliphatic rings. The zero-order chi connectivity index (χ0) is 28.3. The van der Waals surface area contributed by atoms with E-state index in [-0.39, 0.29) is 45.3 Å². The zero-order valence-corrected chi connectivity index (χ0v) is 22.6. The Morgan fingerprint density at radius 3 is 2.44 bits per heavy atom. The fraction of sp³-hybridized carbons (Fsp3) is 0.143. The van der Waals surface area contributed by atoms with E-state index in [9.17, 15) is 19.2 Å². The van der Waals surface area contributed by atoms with Gasteiger partial charge in [0.1, 0.15) is 5.57 Å². The highest BCUT2D eigenvalue weighted by atomic mass is 35.5. The molecule has 1 aliphatic heterocycles. The van der Waals surface area contributed by atoms with Gasteiger partial charge in [0, 0.05) is 5.69 Å². The number of carbonyl (C=O) groups excluding carboxylic acids is 4. The predicted octanol–water partition coefficient (Wildman–Crippen LogP) is 5.30. The molecule has 0 spiro atoms. The molecule has 0 bridgehead atoms. The Kier molecular flexibility index (Phi) is 8.23. The average Bonchev–Trinajstić information content (AvgIpc) is 2.89. The van der Waals surface area contributed by atoms with Gasteiger partial charge in [0.25, 0.3) is 17.7 Å². The minimum Gasteiger partial charge on any atom is -0.493 e. The molecule has 0 aromatic heterocycles. The van der Waals surface area contributed by atoms with Crippen LogP contribution in [0.15, 0.2) is 60.2 Å². The number of anilines is 2. The molecule has 3 aromatic carbocycles. The first-order valence-electron chi connectivity index (χ1n) is 11.6. The first-order valence-corrected chi connectivity index (χ1v) is 12.4. The molecule has 200 valence electrons. The number of carbonyl (C=O) groups is 4. The molecule has 0 radical (unpaired) electrons. The Morgan fingerprint density at radius 2 is 1.74 bits per heavy atom. The van der Waals surface area contributed by atoms with Crippen LogP contribution in [0.1, 0.15) is 16.7 Å². The van der Waals surface area contributed by atoms with Gasteiger partial charge in [0.2, 0.25) is 0 Å². The third-order valence-corrected chi connectivity index (χ3v) is 6.52. The number of halogens is 2. The average molecular weight is 568 g/mol. The minimum absolute atomic E-state index is 0.139. The molecule has 1 saturated heterocycles. The monoisotopic (exact) mass is 567 g/mol. The number of rotatable bonds is 7. The molecule has 0 aliphatic carbocycles. The molecule has 0 saturated carbocycles. The van der Waals surface area contributed by atoms with Crippen molar-refractivity contribution < 1.29 is 28.7 Å². The van der Waals surface area contributed by atoms with Gasteiger partial charge in [-0.2, -0.15) is 0 Å². The van der Waals surface area contributed by atoms with Gasteiger partial charge in [-0.25, -0.2) is 9.69 Å². The van der Waals surface area contributed by atoms with Crippen molar-refractivity contribution in [2.75, 3.05) is 23.9 Å².